The second-order valence-electron chi connectivity index (χ2n) is 20.0. The minimum Gasteiger partial charge on any atom is -0.310 e. The molecule has 2 aliphatic carbocycles. The van der Waals surface area contributed by atoms with Crippen molar-refractivity contribution in [2.24, 2.45) is 0 Å². The topological polar surface area (TPSA) is 6.48 Å². The molecule has 10 aromatic rings. The molecule has 0 saturated carbocycles. The highest BCUT2D eigenvalue weighted by molar-refractivity contribution is 6.24. The van der Waals surface area contributed by atoms with E-state index < -0.39 is 0 Å². The van der Waals surface area contributed by atoms with Gasteiger partial charge >= 0.3 is 0 Å². The van der Waals surface area contributed by atoms with E-state index in [2.05, 4.69) is 247 Å². The second kappa shape index (κ2) is 14.5. The van der Waals surface area contributed by atoms with Crippen LogP contribution in [0.5, 0.6) is 0 Å². The van der Waals surface area contributed by atoms with Gasteiger partial charge < -0.3 is 9.80 Å². The first-order valence-corrected chi connectivity index (χ1v) is 23.5. The molecule has 0 aliphatic heterocycles. The van der Waals surface area contributed by atoms with Gasteiger partial charge in [-0.1, -0.05) is 149 Å². The smallest absolute Gasteiger partial charge is 0.0546 e. The molecule has 2 heteroatoms. The van der Waals surface area contributed by atoms with Gasteiger partial charge in [-0.15, -0.1) is 0 Å². The van der Waals surface area contributed by atoms with Crippen molar-refractivity contribution in [3.05, 3.63) is 226 Å². The lowest BCUT2D eigenvalue weighted by atomic mass is 9.82. The number of nitrogens with zero attached hydrogens (tertiary/aromatic N) is 2. The third-order valence-corrected chi connectivity index (χ3v) is 15.5. The Morgan fingerprint density at radius 2 is 0.606 bits per heavy atom. The van der Waals surface area contributed by atoms with E-state index in [4.69, 9.17) is 0 Å². The molecule has 0 heterocycles. The fraction of sp³-hybridized carbons (Fsp3) is 0.156. The maximum absolute atomic E-state index is 2.51. The summed E-state index contributed by atoms with van der Waals surface area (Å²) in [6.07, 6.45) is 0. The summed E-state index contributed by atoms with van der Waals surface area (Å²) in [5, 5.41) is 7.33. The minimum atomic E-state index is -0.0754. The zero-order valence-electron chi connectivity index (χ0n) is 39.2. The summed E-state index contributed by atoms with van der Waals surface area (Å²) >= 11 is 0. The van der Waals surface area contributed by atoms with E-state index in [1.807, 2.05) is 0 Å². The van der Waals surface area contributed by atoms with Crippen LogP contribution in [0.3, 0.4) is 0 Å². The molecule has 320 valence electrons. The molecular formula is C64H54N2. The largest absolute Gasteiger partial charge is 0.310 e. The van der Waals surface area contributed by atoms with E-state index in [1.165, 1.54) is 99.1 Å². The predicted octanol–water partition coefficient (Wildman–Crippen LogP) is 17.9. The van der Waals surface area contributed by atoms with Crippen LogP contribution in [0.25, 0.3) is 54.6 Å². The molecule has 2 aliphatic rings. The van der Waals surface area contributed by atoms with E-state index in [9.17, 15) is 0 Å². The number of rotatable bonds is 6. The molecule has 0 fully saturated rings. The van der Waals surface area contributed by atoms with Crippen LogP contribution in [0.15, 0.2) is 182 Å². The van der Waals surface area contributed by atoms with Gasteiger partial charge in [-0.25, -0.2) is 0 Å². The van der Waals surface area contributed by atoms with E-state index in [0.717, 1.165) is 34.1 Å². The van der Waals surface area contributed by atoms with Gasteiger partial charge in [0, 0.05) is 44.4 Å². The average Bonchev–Trinajstić information content (AvgIpc) is 3.70. The van der Waals surface area contributed by atoms with Crippen LogP contribution in [-0.2, 0) is 10.8 Å². The van der Waals surface area contributed by atoms with Crippen molar-refractivity contribution in [3.8, 4) is 22.3 Å². The molecule has 66 heavy (non-hydrogen) atoms. The molecule has 0 spiro atoms. The Hall–Kier alpha value is -7.42. The second-order valence-corrected chi connectivity index (χ2v) is 20.0. The quantitative estimate of drug-likeness (QED) is 0.154. The summed E-state index contributed by atoms with van der Waals surface area (Å²) in [6, 6.07) is 69.1. The zero-order chi connectivity index (χ0) is 45.2. The molecule has 0 N–H and O–H groups in total. The van der Waals surface area contributed by atoms with Crippen LogP contribution in [0, 0.1) is 27.7 Å². The summed E-state index contributed by atoms with van der Waals surface area (Å²) < 4.78 is 0. The molecular weight excluding hydrogens is 797 g/mol. The summed E-state index contributed by atoms with van der Waals surface area (Å²) in [7, 11) is 0. The van der Waals surface area contributed by atoms with Gasteiger partial charge in [-0.3, -0.25) is 0 Å². The first-order valence-electron chi connectivity index (χ1n) is 23.5. The molecule has 0 unspecified atom stereocenters. The molecule has 0 atom stereocenters. The Morgan fingerprint density at radius 3 is 1.02 bits per heavy atom. The predicted molar refractivity (Wildman–Crippen MR) is 282 cm³/mol. The fourth-order valence-electron chi connectivity index (χ4n) is 11.6. The molecule has 0 radical (unpaired) electrons. The van der Waals surface area contributed by atoms with Crippen molar-refractivity contribution in [2.75, 3.05) is 9.80 Å². The van der Waals surface area contributed by atoms with Gasteiger partial charge in [-0.2, -0.15) is 0 Å². The molecule has 12 rings (SSSR count). The lowest BCUT2D eigenvalue weighted by molar-refractivity contribution is 0.660. The van der Waals surface area contributed by atoms with Crippen LogP contribution in [-0.4, -0.2) is 0 Å². The standard InChI is InChI=1S/C64H54N2/c1-39-25-27-43(33-41(39)3)65(45-29-31-59-55(35-45)49-19-13-15-23-57(49)63(59,5)6)61-37-53-48-18-10-12-22-52(48)62(38-54(53)47-17-9-11-21-51(47)61)66(44-28-26-40(2)42(4)34-44)46-30-32-60-56(36-46)50-20-14-16-24-58(50)64(60,7)8/h9-38H,1-8H3. The lowest BCUT2D eigenvalue weighted by Gasteiger charge is -2.31. The highest BCUT2D eigenvalue weighted by Crippen LogP contribution is 2.54. The number of hydrogen-bond acceptors (Lipinski definition) is 2. The maximum atomic E-state index is 2.51. The number of anilines is 6. The van der Waals surface area contributed by atoms with Crippen LogP contribution < -0.4 is 9.80 Å². The third kappa shape index (κ3) is 5.87. The normalized spacial score (nSPS) is 14.0. The number of fused-ring (bicyclic) bond motifs is 11. The highest BCUT2D eigenvalue weighted by atomic mass is 15.2. The average molecular weight is 851 g/mol. The number of hydrogen-bond donors (Lipinski definition) is 0. The Kier molecular flexibility index (Phi) is 8.84. The van der Waals surface area contributed by atoms with E-state index >= 15 is 0 Å². The van der Waals surface area contributed by atoms with Crippen molar-refractivity contribution in [2.45, 2.75) is 66.2 Å². The summed E-state index contributed by atoms with van der Waals surface area (Å²) in [5.74, 6) is 0. The van der Waals surface area contributed by atoms with E-state index in [0.29, 0.717) is 0 Å². The Balaban J connectivity index is 1.13. The van der Waals surface area contributed by atoms with Gasteiger partial charge in [0.2, 0.25) is 0 Å². The van der Waals surface area contributed by atoms with Crippen molar-refractivity contribution in [3.63, 3.8) is 0 Å². The first-order chi connectivity index (χ1) is 31.9. The molecule has 10 aromatic carbocycles. The monoisotopic (exact) mass is 850 g/mol. The zero-order valence-corrected chi connectivity index (χ0v) is 39.2. The van der Waals surface area contributed by atoms with Crippen LogP contribution in [0.4, 0.5) is 34.1 Å². The summed E-state index contributed by atoms with van der Waals surface area (Å²) in [5.41, 5.74) is 22.7. The number of aryl methyl sites for hydroxylation is 4. The molecule has 0 saturated heterocycles. The minimum absolute atomic E-state index is 0.0754. The summed E-state index contributed by atoms with van der Waals surface area (Å²) in [4.78, 5) is 5.02. The third-order valence-electron chi connectivity index (χ3n) is 15.5. The van der Waals surface area contributed by atoms with Crippen molar-refractivity contribution < 1.29 is 0 Å². The fourth-order valence-corrected chi connectivity index (χ4v) is 11.6. The van der Waals surface area contributed by atoms with Crippen LogP contribution >= 0.6 is 0 Å². The number of benzene rings is 10. The summed E-state index contributed by atoms with van der Waals surface area (Å²) in [6.45, 7) is 18.3. The van der Waals surface area contributed by atoms with Gasteiger partial charge in [0.15, 0.2) is 0 Å². The van der Waals surface area contributed by atoms with Crippen LogP contribution in [0.1, 0.15) is 72.2 Å². The van der Waals surface area contributed by atoms with Crippen molar-refractivity contribution in [1.82, 2.24) is 0 Å². The SMILES string of the molecule is Cc1ccc(N(c2ccc3c(c2)-c2ccccc2C3(C)C)c2cc3c4ccccc4c(N(c4ccc(C)c(C)c4)c4ccc5c(c4)-c4ccccc4C5(C)C)cc3c3ccccc23)cc1C. The van der Waals surface area contributed by atoms with Crippen molar-refractivity contribution in [1.29, 1.82) is 0 Å². The van der Waals surface area contributed by atoms with E-state index in [1.54, 1.807) is 0 Å². The Labute approximate surface area is 389 Å². The van der Waals surface area contributed by atoms with Gasteiger partial charge in [0.1, 0.15) is 0 Å². The van der Waals surface area contributed by atoms with Gasteiger partial charge in [0.05, 0.1) is 11.4 Å². The molecule has 2 nitrogen and oxygen atoms in total. The van der Waals surface area contributed by atoms with Gasteiger partial charge in [0.25, 0.3) is 0 Å². The molecule has 0 aromatic heterocycles. The van der Waals surface area contributed by atoms with Crippen LogP contribution in [0.2, 0.25) is 0 Å². The Morgan fingerprint density at radius 1 is 0.273 bits per heavy atom. The molecule has 0 amide bonds. The highest BCUT2D eigenvalue weighted by Gasteiger charge is 2.37. The molecule has 0 bridgehead atoms. The Bertz CT molecular complexity index is 3420. The van der Waals surface area contributed by atoms with Crippen molar-refractivity contribution >= 4 is 66.4 Å². The lowest BCUT2D eigenvalue weighted by Crippen LogP contribution is -2.16. The van der Waals surface area contributed by atoms with Gasteiger partial charge in [-0.05, 0) is 177 Å². The maximum Gasteiger partial charge on any atom is 0.0546 e. The van der Waals surface area contributed by atoms with E-state index in [-0.39, 0.29) is 10.8 Å². The first kappa shape index (κ1) is 40.1.